The predicted molar refractivity (Wildman–Crippen MR) is 117 cm³/mol. The van der Waals surface area contributed by atoms with E-state index in [9.17, 15) is 14.4 Å². The number of benzene rings is 2. The number of carbonyl (C=O) groups is 3. The van der Waals surface area contributed by atoms with Crippen molar-refractivity contribution in [3.63, 3.8) is 0 Å². The number of hydrogen-bond donors (Lipinski definition) is 1. The lowest BCUT2D eigenvalue weighted by Crippen LogP contribution is -2.22. The van der Waals surface area contributed by atoms with Crippen LogP contribution in [0.1, 0.15) is 38.4 Å². The van der Waals surface area contributed by atoms with Crippen LogP contribution in [0.25, 0.3) is 10.9 Å². The SMILES string of the molecule is CN(C)C(=O)c1ccc(NC(=O)COC(=O)c2c3c(nc4ccccc24)CCC3)cc1. The molecule has 7 heteroatoms. The summed E-state index contributed by atoms with van der Waals surface area (Å²) in [5, 5.41) is 3.43. The summed E-state index contributed by atoms with van der Waals surface area (Å²) >= 11 is 0. The maximum atomic E-state index is 12.9. The number of ether oxygens (including phenoxy) is 1. The molecule has 0 unspecified atom stereocenters. The van der Waals surface area contributed by atoms with E-state index in [0.29, 0.717) is 16.8 Å². The smallest absolute Gasteiger partial charge is 0.339 e. The maximum absolute atomic E-state index is 12.9. The molecule has 0 spiro atoms. The van der Waals surface area contributed by atoms with Gasteiger partial charge in [0.25, 0.3) is 11.8 Å². The van der Waals surface area contributed by atoms with Gasteiger partial charge in [-0.2, -0.15) is 0 Å². The van der Waals surface area contributed by atoms with Gasteiger partial charge in [0.1, 0.15) is 0 Å². The molecule has 4 rings (SSSR count). The minimum Gasteiger partial charge on any atom is -0.452 e. The molecule has 1 aliphatic carbocycles. The second-order valence-electron chi connectivity index (χ2n) is 7.68. The van der Waals surface area contributed by atoms with Crippen LogP contribution in [0.2, 0.25) is 0 Å². The molecule has 0 aliphatic heterocycles. The first kappa shape index (κ1) is 20.5. The van der Waals surface area contributed by atoms with E-state index in [1.165, 1.54) is 4.90 Å². The zero-order valence-electron chi connectivity index (χ0n) is 17.5. The third-order valence-corrected chi connectivity index (χ3v) is 5.28. The van der Waals surface area contributed by atoms with E-state index in [1.807, 2.05) is 24.3 Å². The van der Waals surface area contributed by atoms with Crippen molar-refractivity contribution in [1.82, 2.24) is 9.88 Å². The number of aromatic nitrogens is 1. The molecule has 1 N–H and O–H groups in total. The van der Waals surface area contributed by atoms with Crippen molar-refractivity contribution in [2.75, 3.05) is 26.0 Å². The highest BCUT2D eigenvalue weighted by molar-refractivity contribution is 6.06. The molecule has 3 aromatic rings. The van der Waals surface area contributed by atoms with Gasteiger partial charge in [0, 0.05) is 36.4 Å². The fourth-order valence-corrected chi connectivity index (χ4v) is 3.80. The van der Waals surface area contributed by atoms with Crippen LogP contribution in [0, 0.1) is 0 Å². The molecule has 2 aromatic carbocycles. The minimum atomic E-state index is -0.515. The lowest BCUT2D eigenvalue weighted by molar-refractivity contribution is -0.119. The van der Waals surface area contributed by atoms with Crippen molar-refractivity contribution in [3.8, 4) is 0 Å². The van der Waals surface area contributed by atoms with Gasteiger partial charge < -0.3 is 15.0 Å². The van der Waals surface area contributed by atoms with Crippen LogP contribution < -0.4 is 5.32 Å². The fourth-order valence-electron chi connectivity index (χ4n) is 3.80. The second-order valence-corrected chi connectivity index (χ2v) is 7.68. The summed E-state index contributed by atoms with van der Waals surface area (Å²) in [5.74, 6) is -1.09. The van der Waals surface area contributed by atoms with Gasteiger partial charge in [0.05, 0.1) is 11.1 Å². The number of pyridine rings is 1. The van der Waals surface area contributed by atoms with Gasteiger partial charge in [-0.3, -0.25) is 14.6 Å². The third kappa shape index (κ3) is 4.26. The van der Waals surface area contributed by atoms with Gasteiger partial charge in [-0.1, -0.05) is 18.2 Å². The molecule has 0 atom stereocenters. The van der Waals surface area contributed by atoms with Crippen LogP contribution in [0.15, 0.2) is 48.5 Å². The molecule has 7 nitrogen and oxygen atoms in total. The number of nitrogens with zero attached hydrogens (tertiary/aromatic N) is 2. The molecule has 0 fully saturated rings. The number of rotatable bonds is 5. The zero-order valence-corrected chi connectivity index (χ0v) is 17.5. The molecule has 0 saturated carbocycles. The van der Waals surface area contributed by atoms with Crippen LogP contribution in [-0.4, -0.2) is 48.4 Å². The Hall–Kier alpha value is -3.74. The molecule has 1 aliphatic rings. The Morgan fingerprint density at radius 2 is 1.77 bits per heavy atom. The van der Waals surface area contributed by atoms with E-state index in [-0.39, 0.29) is 5.91 Å². The molecular formula is C24H23N3O4. The summed E-state index contributed by atoms with van der Waals surface area (Å²) in [6.45, 7) is -0.400. The highest BCUT2D eigenvalue weighted by Gasteiger charge is 2.25. The summed E-state index contributed by atoms with van der Waals surface area (Å²) in [6, 6.07) is 14.0. The van der Waals surface area contributed by atoms with Gasteiger partial charge in [0.15, 0.2) is 6.61 Å². The van der Waals surface area contributed by atoms with E-state index >= 15 is 0 Å². The monoisotopic (exact) mass is 417 g/mol. The minimum absolute atomic E-state index is 0.121. The van der Waals surface area contributed by atoms with Crippen LogP contribution in [-0.2, 0) is 22.4 Å². The predicted octanol–water partition coefficient (Wildman–Crippen LogP) is 3.22. The largest absolute Gasteiger partial charge is 0.452 e. The van der Waals surface area contributed by atoms with Crippen molar-refractivity contribution in [2.45, 2.75) is 19.3 Å². The van der Waals surface area contributed by atoms with Crippen molar-refractivity contribution < 1.29 is 19.1 Å². The summed E-state index contributed by atoms with van der Waals surface area (Å²) in [5.41, 5.74) is 4.16. The summed E-state index contributed by atoms with van der Waals surface area (Å²) < 4.78 is 5.35. The van der Waals surface area contributed by atoms with Gasteiger partial charge in [0.2, 0.25) is 0 Å². The highest BCUT2D eigenvalue weighted by atomic mass is 16.5. The number of fused-ring (bicyclic) bond motifs is 2. The standard InChI is InChI=1S/C24H23N3O4/c1-27(2)23(29)15-10-12-16(13-11-15)25-21(28)14-31-24(30)22-17-6-3-4-8-19(17)26-20-9-5-7-18(20)22/h3-4,6,8,10-13H,5,7,9,14H2,1-2H3,(H,25,28). The Morgan fingerprint density at radius 1 is 1.03 bits per heavy atom. The first-order valence-electron chi connectivity index (χ1n) is 10.1. The molecule has 0 saturated heterocycles. The van der Waals surface area contributed by atoms with E-state index in [1.54, 1.807) is 38.4 Å². The number of carbonyl (C=O) groups excluding carboxylic acids is 3. The number of anilines is 1. The Balaban J connectivity index is 1.44. The highest BCUT2D eigenvalue weighted by Crippen LogP contribution is 2.30. The van der Waals surface area contributed by atoms with Crippen LogP contribution >= 0.6 is 0 Å². The Labute approximate surface area is 180 Å². The quantitative estimate of drug-likeness (QED) is 0.644. The lowest BCUT2D eigenvalue weighted by Gasteiger charge is -2.13. The first-order chi connectivity index (χ1) is 14.9. The molecule has 0 radical (unpaired) electrons. The van der Waals surface area contributed by atoms with Gasteiger partial charge in [-0.15, -0.1) is 0 Å². The second kappa shape index (κ2) is 8.55. The normalized spacial score (nSPS) is 12.3. The summed E-state index contributed by atoms with van der Waals surface area (Å²) in [4.78, 5) is 43.3. The number of aryl methyl sites for hydroxylation is 1. The number of amides is 2. The maximum Gasteiger partial charge on any atom is 0.339 e. The first-order valence-corrected chi connectivity index (χ1v) is 10.1. The van der Waals surface area contributed by atoms with E-state index < -0.39 is 18.5 Å². The molecule has 2 amide bonds. The molecule has 158 valence electrons. The van der Waals surface area contributed by atoms with Crippen molar-refractivity contribution in [3.05, 3.63) is 70.9 Å². The van der Waals surface area contributed by atoms with Crippen molar-refractivity contribution in [2.24, 2.45) is 0 Å². The summed E-state index contributed by atoms with van der Waals surface area (Å²) in [7, 11) is 3.35. The van der Waals surface area contributed by atoms with E-state index in [2.05, 4.69) is 10.3 Å². The molecule has 1 heterocycles. The zero-order chi connectivity index (χ0) is 22.0. The summed E-state index contributed by atoms with van der Waals surface area (Å²) in [6.07, 6.45) is 2.57. The average Bonchev–Trinajstić information content (AvgIpc) is 3.23. The Kier molecular flexibility index (Phi) is 5.66. The molecule has 0 bridgehead atoms. The number of para-hydroxylation sites is 1. The average molecular weight is 417 g/mol. The number of nitrogens with one attached hydrogen (secondary N) is 1. The van der Waals surface area contributed by atoms with Crippen LogP contribution in [0.3, 0.4) is 0 Å². The van der Waals surface area contributed by atoms with Crippen LogP contribution in [0.5, 0.6) is 0 Å². The Morgan fingerprint density at radius 3 is 2.52 bits per heavy atom. The number of esters is 1. The number of hydrogen-bond acceptors (Lipinski definition) is 5. The van der Waals surface area contributed by atoms with Gasteiger partial charge in [-0.05, 0) is 55.2 Å². The van der Waals surface area contributed by atoms with Crippen LogP contribution in [0.4, 0.5) is 5.69 Å². The third-order valence-electron chi connectivity index (χ3n) is 5.28. The molecule has 31 heavy (non-hydrogen) atoms. The van der Waals surface area contributed by atoms with Crippen molar-refractivity contribution in [1.29, 1.82) is 0 Å². The van der Waals surface area contributed by atoms with E-state index in [0.717, 1.165) is 41.4 Å². The topological polar surface area (TPSA) is 88.6 Å². The van der Waals surface area contributed by atoms with Gasteiger partial charge >= 0.3 is 5.97 Å². The van der Waals surface area contributed by atoms with E-state index in [4.69, 9.17) is 4.74 Å². The lowest BCUT2D eigenvalue weighted by atomic mass is 10.0. The fraction of sp³-hybridized carbons (Fsp3) is 0.250. The molecule has 1 aromatic heterocycles. The van der Waals surface area contributed by atoms with Gasteiger partial charge in [-0.25, -0.2) is 4.79 Å². The molecular weight excluding hydrogens is 394 g/mol. The Bertz CT molecular complexity index is 1170. The van der Waals surface area contributed by atoms with Crippen molar-refractivity contribution >= 4 is 34.4 Å².